The third-order valence-corrected chi connectivity index (χ3v) is 2.18. The van der Waals surface area contributed by atoms with Crippen molar-refractivity contribution in [1.29, 1.82) is 0 Å². The minimum absolute atomic E-state index is 0.0629. The molecule has 14 heavy (non-hydrogen) atoms. The fourth-order valence-corrected chi connectivity index (χ4v) is 1.52. The zero-order valence-corrected chi connectivity index (χ0v) is 8.02. The molecule has 2 N–H and O–H groups in total. The maximum atomic E-state index is 5.85. The summed E-state index contributed by atoms with van der Waals surface area (Å²) in [6.07, 6.45) is 1.77. The molecule has 0 spiro atoms. The van der Waals surface area contributed by atoms with Gasteiger partial charge in [0.25, 0.3) is 0 Å². The SMILES string of the molecule is NC1COCCN(c2[c]cccn2)C1. The lowest BCUT2D eigenvalue weighted by molar-refractivity contribution is 0.142. The van der Waals surface area contributed by atoms with Gasteiger partial charge in [0.2, 0.25) is 0 Å². The highest BCUT2D eigenvalue weighted by molar-refractivity contribution is 5.36. The number of ether oxygens (including phenoxy) is 1. The van der Waals surface area contributed by atoms with Crippen molar-refractivity contribution in [3.05, 3.63) is 24.4 Å². The van der Waals surface area contributed by atoms with Gasteiger partial charge in [-0.2, -0.15) is 0 Å². The highest BCUT2D eigenvalue weighted by Gasteiger charge is 2.16. The molecule has 1 aliphatic heterocycles. The molecule has 2 rings (SSSR count). The molecule has 0 bridgehead atoms. The third-order valence-electron chi connectivity index (χ3n) is 2.18. The van der Waals surface area contributed by atoms with Gasteiger partial charge >= 0.3 is 0 Å². The van der Waals surface area contributed by atoms with Crippen LogP contribution in [0, 0.1) is 6.07 Å². The molecule has 0 amide bonds. The van der Waals surface area contributed by atoms with Crippen molar-refractivity contribution in [3.63, 3.8) is 0 Å². The molecule has 4 heteroatoms. The smallest absolute Gasteiger partial charge is 0.136 e. The maximum Gasteiger partial charge on any atom is 0.136 e. The Hall–Kier alpha value is -1.13. The lowest BCUT2D eigenvalue weighted by atomic mass is 10.3. The zero-order chi connectivity index (χ0) is 9.80. The summed E-state index contributed by atoms with van der Waals surface area (Å²) in [6, 6.07) is 6.87. The Labute approximate surface area is 83.7 Å². The van der Waals surface area contributed by atoms with Crippen LogP contribution in [0.15, 0.2) is 18.3 Å². The summed E-state index contributed by atoms with van der Waals surface area (Å²) in [5.41, 5.74) is 5.85. The number of pyridine rings is 1. The van der Waals surface area contributed by atoms with Crippen LogP contribution in [0.5, 0.6) is 0 Å². The fourth-order valence-electron chi connectivity index (χ4n) is 1.52. The third kappa shape index (κ3) is 2.21. The van der Waals surface area contributed by atoms with Crippen LogP contribution in [0.4, 0.5) is 5.82 Å². The van der Waals surface area contributed by atoms with Crippen LogP contribution >= 0.6 is 0 Å². The van der Waals surface area contributed by atoms with E-state index in [4.69, 9.17) is 10.5 Å². The summed E-state index contributed by atoms with van der Waals surface area (Å²) < 4.78 is 5.35. The zero-order valence-electron chi connectivity index (χ0n) is 8.02. The Balaban J connectivity index is 2.09. The molecular formula is C10H14N3O. The van der Waals surface area contributed by atoms with Crippen molar-refractivity contribution in [1.82, 2.24) is 4.98 Å². The van der Waals surface area contributed by atoms with Crippen molar-refractivity contribution in [2.45, 2.75) is 6.04 Å². The molecule has 2 heterocycles. The van der Waals surface area contributed by atoms with E-state index in [2.05, 4.69) is 16.0 Å². The summed E-state index contributed by atoms with van der Waals surface area (Å²) in [4.78, 5) is 6.35. The van der Waals surface area contributed by atoms with Crippen molar-refractivity contribution < 1.29 is 4.74 Å². The average Bonchev–Trinajstić information content (AvgIpc) is 2.44. The van der Waals surface area contributed by atoms with Crippen LogP contribution < -0.4 is 10.6 Å². The number of hydrogen-bond acceptors (Lipinski definition) is 4. The van der Waals surface area contributed by atoms with Gasteiger partial charge in [-0.3, -0.25) is 0 Å². The van der Waals surface area contributed by atoms with E-state index in [1.165, 1.54) is 0 Å². The first-order valence-electron chi connectivity index (χ1n) is 4.77. The first kappa shape index (κ1) is 9.43. The first-order valence-corrected chi connectivity index (χ1v) is 4.77. The second kappa shape index (κ2) is 4.39. The van der Waals surface area contributed by atoms with Gasteiger partial charge < -0.3 is 15.4 Å². The molecule has 0 aromatic carbocycles. The second-order valence-electron chi connectivity index (χ2n) is 3.39. The van der Waals surface area contributed by atoms with Crippen LogP contribution in [0.3, 0.4) is 0 Å². The van der Waals surface area contributed by atoms with Crippen molar-refractivity contribution in [2.75, 3.05) is 31.2 Å². The monoisotopic (exact) mass is 192 g/mol. The largest absolute Gasteiger partial charge is 0.378 e. The number of nitrogens with zero attached hydrogens (tertiary/aromatic N) is 2. The quantitative estimate of drug-likeness (QED) is 0.683. The standard InChI is InChI=1S/C10H14N3O/c11-9-7-13(5-6-14-8-9)10-3-1-2-4-12-10/h1-2,4,9H,5-8,11H2. The van der Waals surface area contributed by atoms with Crippen LogP contribution in [-0.4, -0.2) is 37.3 Å². The van der Waals surface area contributed by atoms with Gasteiger partial charge in [-0.05, 0) is 12.1 Å². The van der Waals surface area contributed by atoms with Crippen molar-refractivity contribution in [3.8, 4) is 0 Å². The predicted molar refractivity (Wildman–Crippen MR) is 54.1 cm³/mol. The Morgan fingerprint density at radius 3 is 3.36 bits per heavy atom. The molecule has 1 unspecified atom stereocenters. The Bertz CT molecular complexity index is 278. The molecule has 1 atom stereocenters. The molecule has 0 aliphatic carbocycles. The molecule has 1 radical (unpaired) electrons. The molecule has 4 nitrogen and oxygen atoms in total. The van der Waals surface area contributed by atoms with Crippen molar-refractivity contribution in [2.24, 2.45) is 5.73 Å². The van der Waals surface area contributed by atoms with Crippen LogP contribution in [0.2, 0.25) is 0 Å². The first-order chi connectivity index (χ1) is 6.86. The van der Waals surface area contributed by atoms with Gasteiger partial charge in [0, 0.05) is 31.4 Å². The van der Waals surface area contributed by atoms with E-state index in [1.54, 1.807) is 6.20 Å². The lowest BCUT2D eigenvalue weighted by Gasteiger charge is -2.22. The van der Waals surface area contributed by atoms with Gasteiger partial charge in [-0.1, -0.05) is 0 Å². The fraction of sp³-hybridized carbons (Fsp3) is 0.500. The number of hydrogen-bond donors (Lipinski definition) is 1. The molecule has 1 aliphatic rings. The van der Waals surface area contributed by atoms with E-state index in [-0.39, 0.29) is 6.04 Å². The Kier molecular flexibility index (Phi) is 2.96. The maximum absolute atomic E-state index is 5.85. The minimum atomic E-state index is 0.0629. The van der Waals surface area contributed by atoms with E-state index in [1.807, 2.05) is 12.1 Å². The number of nitrogens with two attached hydrogens (primary N) is 1. The Morgan fingerprint density at radius 2 is 2.57 bits per heavy atom. The summed E-state index contributed by atoms with van der Waals surface area (Å²) in [5, 5.41) is 0. The second-order valence-corrected chi connectivity index (χ2v) is 3.39. The highest BCUT2D eigenvalue weighted by Crippen LogP contribution is 2.10. The van der Waals surface area contributed by atoms with Gasteiger partial charge in [0.15, 0.2) is 0 Å². The summed E-state index contributed by atoms with van der Waals surface area (Å²) >= 11 is 0. The molecule has 1 aromatic rings. The van der Waals surface area contributed by atoms with E-state index in [0.29, 0.717) is 13.2 Å². The lowest BCUT2D eigenvalue weighted by Crippen LogP contribution is -2.38. The topological polar surface area (TPSA) is 51.4 Å². The van der Waals surface area contributed by atoms with Crippen LogP contribution in [-0.2, 0) is 4.74 Å². The summed E-state index contributed by atoms with van der Waals surface area (Å²) in [5.74, 6) is 0.855. The molecule has 0 saturated carbocycles. The van der Waals surface area contributed by atoms with E-state index in [0.717, 1.165) is 18.9 Å². The number of aromatic nitrogens is 1. The summed E-state index contributed by atoms with van der Waals surface area (Å²) in [7, 11) is 0. The van der Waals surface area contributed by atoms with Gasteiger partial charge in [-0.25, -0.2) is 4.98 Å². The minimum Gasteiger partial charge on any atom is -0.378 e. The van der Waals surface area contributed by atoms with Crippen LogP contribution in [0.1, 0.15) is 0 Å². The van der Waals surface area contributed by atoms with Gasteiger partial charge in [0.05, 0.1) is 13.2 Å². The normalized spacial score (nSPS) is 23.2. The van der Waals surface area contributed by atoms with Gasteiger partial charge in [-0.15, -0.1) is 0 Å². The van der Waals surface area contributed by atoms with Crippen molar-refractivity contribution >= 4 is 5.82 Å². The summed E-state index contributed by atoms with van der Waals surface area (Å²) in [6.45, 7) is 2.95. The van der Waals surface area contributed by atoms with E-state index >= 15 is 0 Å². The number of anilines is 1. The van der Waals surface area contributed by atoms with Gasteiger partial charge in [0.1, 0.15) is 5.82 Å². The predicted octanol–water partition coefficient (Wildman–Crippen LogP) is 0.0457. The molecule has 1 aromatic heterocycles. The molecule has 75 valence electrons. The number of rotatable bonds is 1. The van der Waals surface area contributed by atoms with E-state index < -0.39 is 0 Å². The molecular weight excluding hydrogens is 178 g/mol. The van der Waals surface area contributed by atoms with Crippen LogP contribution in [0.25, 0.3) is 0 Å². The highest BCUT2D eigenvalue weighted by atomic mass is 16.5. The molecule has 1 saturated heterocycles. The average molecular weight is 192 g/mol. The molecule has 1 fully saturated rings. The Morgan fingerprint density at radius 1 is 1.64 bits per heavy atom. The van der Waals surface area contributed by atoms with E-state index in [9.17, 15) is 0 Å².